The number of carboxylic acid groups (broad SMARTS) is 1. The van der Waals surface area contributed by atoms with Gasteiger partial charge in [0.25, 0.3) is 11.8 Å². The normalized spacial score (nSPS) is 15.2. The number of alkyl halides is 2. The number of fused-ring (bicyclic) bond motifs is 1. The van der Waals surface area contributed by atoms with Gasteiger partial charge in [-0.2, -0.15) is 0 Å². The number of nitrogens with zero attached hydrogens (tertiary/aromatic N) is 1. The van der Waals surface area contributed by atoms with E-state index in [1.54, 1.807) is 36.4 Å². The summed E-state index contributed by atoms with van der Waals surface area (Å²) in [5.74, 6) is -2.80. The van der Waals surface area contributed by atoms with Gasteiger partial charge in [0.15, 0.2) is 5.58 Å². The number of hydrogen-bond acceptors (Lipinski definition) is 3. The standard InChI is InChI=1S/C20H15ClF2N2O4/c21-16-7-13(5-14-6-15(29-17(14)16)8-24-19(27)28)11-1-3-12(4-2-11)18(26)25-9-20(22,23)10-25/h1-7,24H,8-10H2,(H,27,28). The fourth-order valence-electron chi connectivity index (χ4n) is 3.22. The van der Waals surface area contributed by atoms with Crippen LogP contribution in [0.2, 0.25) is 5.02 Å². The molecule has 1 aliphatic heterocycles. The highest BCUT2D eigenvalue weighted by atomic mass is 35.5. The van der Waals surface area contributed by atoms with Gasteiger partial charge in [-0.1, -0.05) is 23.7 Å². The highest BCUT2D eigenvalue weighted by Crippen LogP contribution is 2.33. The molecule has 0 spiro atoms. The van der Waals surface area contributed by atoms with E-state index in [2.05, 4.69) is 5.32 Å². The molecule has 150 valence electrons. The first kappa shape index (κ1) is 19.2. The van der Waals surface area contributed by atoms with E-state index in [9.17, 15) is 18.4 Å². The number of nitrogens with one attached hydrogen (secondary N) is 1. The highest BCUT2D eigenvalue weighted by Gasteiger charge is 2.46. The maximum atomic E-state index is 13.0. The monoisotopic (exact) mass is 420 g/mol. The van der Waals surface area contributed by atoms with Crippen LogP contribution in [-0.4, -0.2) is 41.0 Å². The van der Waals surface area contributed by atoms with Gasteiger partial charge in [0.05, 0.1) is 24.7 Å². The Morgan fingerprint density at radius 3 is 2.45 bits per heavy atom. The molecule has 0 atom stereocenters. The maximum absolute atomic E-state index is 13.0. The lowest BCUT2D eigenvalue weighted by atomic mass is 10.0. The van der Waals surface area contributed by atoms with E-state index in [0.29, 0.717) is 27.3 Å². The third-order valence-corrected chi connectivity index (χ3v) is 4.91. The van der Waals surface area contributed by atoms with Crippen molar-refractivity contribution in [3.8, 4) is 11.1 Å². The summed E-state index contributed by atoms with van der Waals surface area (Å²) < 4.78 is 31.5. The first-order valence-electron chi connectivity index (χ1n) is 8.68. The van der Waals surface area contributed by atoms with Gasteiger partial charge in [-0.3, -0.25) is 4.79 Å². The Hall–Kier alpha value is -3.13. The van der Waals surface area contributed by atoms with Crippen molar-refractivity contribution in [3.05, 3.63) is 58.8 Å². The van der Waals surface area contributed by atoms with Crippen LogP contribution >= 0.6 is 11.6 Å². The van der Waals surface area contributed by atoms with Crippen LogP contribution in [0.25, 0.3) is 22.1 Å². The fraction of sp³-hybridized carbons (Fsp3) is 0.200. The van der Waals surface area contributed by atoms with Crippen LogP contribution in [0.1, 0.15) is 16.1 Å². The molecule has 29 heavy (non-hydrogen) atoms. The van der Waals surface area contributed by atoms with Crippen LogP contribution in [0.15, 0.2) is 46.9 Å². The average molecular weight is 421 g/mol. The van der Waals surface area contributed by atoms with Crippen molar-refractivity contribution in [3.63, 3.8) is 0 Å². The molecule has 1 saturated heterocycles. The molecule has 1 aliphatic rings. The van der Waals surface area contributed by atoms with Gasteiger partial charge in [-0.25, -0.2) is 13.6 Å². The predicted molar refractivity (Wildman–Crippen MR) is 102 cm³/mol. The summed E-state index contributed by atoms with van der Waals surface area (Å²) in [6, 6.07) is 11.8. The Morgan fingerprint density at radius 1 is 1.14 bits per heavy atom. The summed E-state index contributed by atoms with van der Waals surface area (Å²) in [4.78, 5) is 23.9. The van der Waals surface area contributed by atoms with Crippen molar-refractivity contribution in [2.24, 2.45) is 0 Å². The first-order valence-corrected chi connectivity index (χ1v) is 9.06. The topological polar surface area (TPSA) is 82.8 Å². The molecule has 2 N–H and O–H groups in total. The van der Waals surface area contributed by atoms with E-state index in [4.69, 9.17) is 21.1 Å². The van der Waals surface area contributed by atoms with E-state index in [-0.39, 0.29) is 6.54 Å². The van der Waals surface area contributed by atoms with Gasteiger partial charge >= 0.3 is 6.09 Å². The van der Waals surface area contributed by atoms with E-state index in [0.717, 1.165) is 16.0 Å². The second-order valence-electron chi connectivity index (χ2n) is 6.84. The molecule has 2 amide bonds. The summed E-state index contributed by atoms with van der Waals surface area (Å²) in [5.41, 5.74) is 2.34. The summed E-state index contributed by atoms with van der Waals surface area (Å²) in [6.07, 6.45) is -1.16. The quantitative estimate of drug-likeness (QED) is 0.645. The molecule has 1 aromatic heterocycles. The lowest BCUT2D eigenvalue weighted by molar-refractivity contribution is -0.113. The zero-order valence-electron chi connectivity index (χ0n) is 14.9. The molecular weight excluding hydrogens is 406 g/mol. The Labute approximate surface area is 168 Å². The Kier molecular flexibility index (Phi) is 4.66. The molecule has 0 unspecified atom stereocenters. The molecule has 2 heterocycles. The molecule has 0 aliphatic carbocycles. The number of carbonyl (C=O) groups excluding carboxylic acids is 1. The molecule has 3 aromatic rings. The minimum Gasteiger partial charge on any atom is -0.465 e. The summed E-state index contributed by atoms with van der Waals surface area (Å²) in [7, 11) is 0. The molecule has 4 rings (SSSR count). The molecule has 0 radical (unpaired) electrons. The molecule has 2 aromatic carbocycles. The van der Waals surface area contributed by atoms with Gasteiger partial charge < -0.3 is 19.7 Å². The van der Waals surface area contributed by atoms with Crippen LogP contribution in [0.5, 0.6) is 0 Å². The molecule has 6 nitrogen and oxygen atoms in total. The minimum atomic E-state index is -2.80. The number of benzene rings is 2. The smallest absolute Gasteiger partial charge is 0.405 e. The molecule has 1 fully saturated rings. The van der Waals surface area contributed by atoms with E-state index < -0.39 is 31.0 Å². The van der Waals surface area contributed by atoms with Crippen LogP contribution < -0.4 is 5.32 Å². The second kappa shape index (κ2) is 7.04. The Morgan fingerprint density at radius 2 is 1.83 bits per heavy atom. The molecule has 0 bridgehead atoms. The zero-order chi connectivity index (χ0) is 20.8. The van der Waals surface area contributed by atoms with Crippen molar-refractivity contribution < 1.29 is 27.9 Å². The van der Waals surface area contributed by atoms with Crippen LogP contribution in [0.4, 0.5) is 13.6 Å². The van der Waals surface area contributed by atoms with Crippen LogP contribution in [0, 0.1) is 0 Å². The molecular formula is C20H15ClF2N2O4. The van der Waals surface area contributed by atoms with Crippen molar-refractivity contribution in [1.29, 1.82) is 0 Å². The average Bonchev–Trinajstić information content (AvgIpc) is 3.07. The van der Waals surface area contributed by atoms with Crippen molar-refractivity contribution in [2.75, 3.05) is 13.1 Å². The summed E-state index contributed by atoms with van der Waals surface area (Å²) >= 11 is 6.30. The van der Waals surface area contributed by atoms with Gasteiger partial charge in [-0.05, 0) is 41.5 Å². The number of amides is 2. The minimum absolute atomic E-state index is 0.0159. The lowest BCUT2D eigenvalue weighted by Gasteiger charge is -2.38. The third-order valence-electron chi connectivity index (χ3n) is 4.63. The number of carbonyl (C=O) groups is 2. The van der Waals surface area contributed by atoms with E-state index in [1.807, 2.05) is 6.07 Å². The van der Waals surface area contributed by atoms with Gasteiger partial charge in [0.1, 0.15) is 5.76 Å². The van der Waals surface area contributed by atoms with E-state index >= 15 is 0 Å². The molecule has 0 saturated carbocycles. The van der Waals surface area contributed by atoms with Crippen LogP contribution in [-0.2, 0) is 6.54 Å². The van der Waals surface area contributed by atoms with Gasteiger partial charge in [0, 0.05) is 10.9 Å². The second-order valence-corrected chi connectivity index (χ2v) is 7.25. The number of rotatable bonds is 4. The number of halogens is 3. The number of hydrogen-bond donors (Lipinski definition) is 2. The van der Waals surface area contributed by atoms with Crippen molar-refractivity contribution in [1.82, 2.24) is 10.2 Å². The number of likely N-dealkylation sites (tertiary alicyclic amines) is 1. The maximum Gasteiger partial charge on any atom is 0.405 e. The number of furan rings is 1. The molecule has 9 heteroatoms. The van der Waals surface area contributed by atoms with E-state index in [1.165, 1.54) is 0 Å². The Balaban J connectivity index is 1.56. The summed E-state index contributed by atoms with van der Waals surface area (Å²) in [5, 5.41) is 12.0. The summed E-state index contributed by atoms with van der Waals surface area (Å²) in [6.45, 7) is -1.10. The highest BCUT2D eigenvalue weighted by molar-refractivity contribution is 6.35. The SMILES string of the molecule is O=C(O)NCc1cc2cc(-c3ccc(C(=O)N4CC(F)(F)C4)cc3)cc(Cl)c2o1. The largest absolute Gasteiger partial charge is 0.465 e. The third kappa shape index (κ3) is 3.88. The van der Waals surface area contributed by atoms with Crippen molar-refractivity contribution >= 4 is 34.6 Å². The lowest BCUT2D eigenvalue weighted by Crippen LogP contribution is -2.58. The zero-order valence-corrected chi connectivity index (χ0v) is 15.7. The Bertz CT molecular complexity index is 1100. The first-order chi connectivity index (χ1) is 13.7. The predicted octanol–water partition coefficient (Wildman–Crippen LogP) is 4.61. The van der Waals surface area contributed by atoms with Crippen molar-refractivity contribution in [2.45, 2.75) is 12.5 Å². The van der Waals surface area contributed by atoms with Gasteiger partial charge in [-0.15, -0.1) is 0 Å². The van der Waals surface area contributed by atoms with Gasteiger partial charge in [0.2, 0.25) is 0 Å². The fourth-order valence-corrected chi connectivity index (χ4v) is 3.49. The van der Waals surface area contributed by atoms with Crippen LogP contribution in [0.3, 0.4) is 0 Å².